The van der Waals surface area contributed by atoms with Gasteiger partial charge in [0.15, 0.2) is 0 Å². The molecule has 0 aliphatic carbocycles. The number of ether oxygens (including phenoxy) is 2. The van der Waals surface area contributed by atoms with Crippen LogP contribution in [0.15, 0.2) is 0 Å². The van der Waals surface area contributed by atoms with E-state index >= 15 is 0 Å². The third kappa shape index (κ3) is 9.42. The summed E-state index contributed by atoms with van der Waals surface area (Å²) in [4.78, 5) is 0. The minimum absolute atomic E-state index is 0.0762. The van der Waals surface area contributed by atoms with Crippen LogP contribution in [0.2, 0.25) is 6.04 Å². The molecule has 2 nitrogen and oxygen atoms in total. The van der Waals surface area contributed by atoms with E-state index in [2.05, 4.69) is 47.2 Å². The Morgan fingerprint density at radius 2 is 1.47 bits per heavy atom. The zero-order valence-corrected chi connectivity index (χ0v) is 13.0. The highest BCUT2D eigenvalue weighted by molar-refractivity contribution is 7.80. The molecule has 0 saturated carbocycles. The molecule has 15 heavy (non-hydrogen) atoms. The Labute approximate surface area is 102 Å². The van der Waals surface area contributed by atoms with Crippen molar-refractivity contribution in [3.05, 3.63) is 0 Å². The van der Waals surface area contributed by atoms with Crippen LogP contribution < -0.4 is 0 Å². The van der Waals surface area contributed by atoms with Crippen LogP contribution in [0.5, 0.6) is 0 Å². The standard InChI is InChI=1S/C11H26O2SSi/c1-8(2)12-11(13-9(3)4)15-7-10(5)6-14/h8-11,14H,6-7,15H2,1-5H3. The van der Waals surface area contributed by atoms with Crippen molar-refractivity contribution in [1.82, 2.24) is 0 Å². The maximum atomic E-state index is 5.77. The van der Waals surface area contributed by atoms with Crippen molar-refractivity contribution in [2.75, 3.05) is 5.75 Å². The minimum Gasteiger partial charge on any atom is -0.354 e. The van der Waals surface area contributed by atoms with E-state index < -0.39 is 0 Å². The van der Waals surface area contributed by atoms with Gasteiger partial charge in [0.2, 0.25) is 0 Å². The average Bonchev–Trinajstić information content (AvgIpc) is 2.11. The Hall–Kier alpha value is 0.487. The smallest absolute Gasteiger partial charge is 0.135 e. The molecule has 0 radical (unpaired) electrons. The summed E-state index contributed by atoms with van der Waals surface area (Å²) in [6.07, 6.45) is 0.514. The van der Waals surface area contributed by atoms with Crippen molar-refractivity contribution < 1.29 is 9.47 Å². The van der Waals surface area contributed by atoms with Gasteiger partial charge >= 0.3 is 0 Å². The maximum Gasteiger partial charge on any atom is 0.135 e. The first-order valence-corrected chi connectivity index (χ1v) is 8.32. The molecule has 0 N–H and O–H groups in total. The summed E-state index contributed by atoms with van der Waals surface area (Å²) in [6.45, 7) is 10.5. The summed E-state index contributed by atoms with van der Waals surface area (Å²) in [7, 11) is -0.312. The molecule has 0 amide bonds. The van der Waals surface area contributed by atoms with Crippen LogP contribution in [-0.2, 0) is 9.47 Å². The second-order valence-corrected chi connectivity index (χ2v) is 6.85. The monoisotopic (exact) mass is 250 g/mol. The lowest BCUT2D eigenvalue weighted by atomic mass is 10.3. The van der Waals surface area contributed by atoms with Crippen LogP contribution >= 0.6 is 12.6 Å². The van der Waals surface area contributed by atoms with Gasteiger partial charge in [0.05, 0.1) is 21.7 Å². The van der Waals surface area contributed by atoms with Crippen molar-refractivity contribution >= 4 is 22.1 Å². The highest BCUT2D eigenvalue weighted by Gasteiger charge is 2.15. The van der Waals surface area contributed by atoms with Crippen molar-refractivity contribution in [3.63, 3.8) is 0 Å². The normalized spacial score (nSPS) is 15.0. The largest absolute Gasteiger partial charge is 0.354 e. The van der Waals surface area contributed by atoms with Crippen LogP contribution in [0.3, 0.4) is 0 Å². The Kier molecular flexibility index (Phi) is 8.90. The molecule has 1 atom stereocenters. The number of hydrogen-bond acceptors (Lipinski definition) is 3. The summed E-state index contributed by atoms with van der Waals surface area (Å²) in [5, 5.41) is 0. The van der Waals surface area contributed by atoms with E-state index in [-0.39, 0.29) is 27.6 Å². The van der Waals surface area contributed by atoms with Crippen LogP contribution in [0.1, 0.15) is 34.6 Å². The second kappa shape index (κ2) is 8.62. The van der Waals surface area contributed by atoms with E-state index in [4.69, 9.17) is 9.47 Å². The third-order valence-corrected chi connectivity index (χ3v) is 4.85. The first-order valence-electron chi connectivity index (χ1n) is 5.87. The summed E-state index contributed by atoms with van der Waals surface area (Å²) >= 11 is 4.30. The number of rotatable bonds is 8. The second-order valence-electron chi connectivity index (χ2n) is 4.66. The fraction of sp³-hybridized carbons (Fsp3) is 1.00. The van der Waals surface area contributed by atoms with Gasteiger partial charge in [0.1, 0.15) is 5.91 Å². The lowest BCUT2D eigenvalue weighted by Gasteiger charge is -2.23. The lowest BCUT2D eigenvalue weighted by molar-refractivity contribution is -0.134. The van der Waals surface area contributed by atoms with Gasteiger partial charge in [0, 0.05) is 0 Å². The molecule has 0 aromatic rings. The fourth-order valence-corrected chi connectivity index (χ4v) is 3.90. The van der Waals surface area contributed by atoms with Gasteiger partial charge in [-0.2, -0.15) is 12.6 Å². The molecule has 4 heteroatoms. The van der Waals surface area contributed by atoms with Gasteiger partial charge in [0.25, 0.3) is 0 Å². The Morgan fingerprint density at radius 3 is 1.80 bits per heavy atom. The summed E-state index contributed by atoms with van der Waals surface area (Å²) in [5.74, 6) is 1.73. The Balaban J connectivity index is 3.89. The van der Waals surface area contributed by atoms with Gasteiger partial charge in [-0.3, -0.25) is 0 Å². The topological polar surface area (TPSA) is 18.5 Å². The maximum absolute atomic E-state index is 5.77. The third-order valence-electron chi connectivity index (χ3n) is 2.05. The first kappa shape index (κ1) is 15.5. The van der Waals surface area contributed by atoms with E-state index in [9.17, 15) is 0 Å². The van der Waals surface area contributed by atoms with Crippen molar-refractivity contribution in [2.45, 2.75) is 58.8 Å². The molecular weight excluding hydrogens is 224 g/mol. The molecule has 0 rings (SSSR count). The van der Waals surface area contributed by atoms with E-state index in [1.165, 1.54) is 6.04 Å². The molecule has 0 aliphatic rings. The Bertz CT molecular complexity index is 144. The minimum atomic E-state index is -0.312. The zero-order valence-electron chi connectivity index (χ0n) is 10.7. The SMILES string of the molecule is CC(CS)C[SiH2]C(OC(C)C)OC(C)C. The highest BCUT2D eigenvalue weighted by Crippen LogP contribution is 2.09. The van der Waals surface area contributed by atoms with Gasteiger partial charge in [-0.25, -0.2) is 0 Å². The van der Waals surface area contributed by atoms with Crippen molar-refractivity contribution in [2.24, 2.45) is 5.92 Å². The van der Waals surface area contributed by atoms with Crippen molar-refractivity contribution in [3.8, 4) is 0 Å². The predicted molar refractivity (Wildman–Crippen MR) is 72.6 cm³/mol. The van der Waals surface area contributed by atoms with Gasteiger partial charge in [-0.1, -0.05) is 13.0 Å². The molecule has 0 fully saturated rings. The Morgan fingerprint density at radius 1 is 1.00 bits per heavy atom. The number of hydrogen-bond donors (Lipinski definition) is 1. The summed E-state index contributed by atoms with van der Waals surface area (Å²) in [5.41, 5.74) is 0. The van der Waals surface area contributed by atoms with E-state index in [0.29, 0.717) is 5.92 Å². The fourth-order valence-electron chi connectivity index (χ4n) is 1.29. The molecular formula is C11H26O2SSi. The zero-order chi connectivity index (χ0) is 11.8. The van der Waals surface area contributed by atoms with Gasteiger partial charge < -0.3 is 9.47 Å². The van der Waals surface area contributed by atoms with Crippen molar-refractivity contribution in [1.29, 1.82) is 0 Å². The van der Waals surface area contributed by atoms with E-state index in [0.717, 1.165) is 5.75 Å². The van der Waals surface area contributed by atoms with Gasteiger partial charge in [-0.05, 0) is 39.4 Å². The quantitative estimate of drug-likeness (QED) is 0.405. The van der Waals surface area contributed by atoms with Crippen LogP contribution in [0, 0.1) is 5.92 Å². The molecule has 0 aromatic carbocycles. The summed E-state index contributed by atoms with van der Waals surface area (Å²) in [6, 6.07) is 1.24. The van der Waals surface area contributed by atoms with Crippen LogP contribution in [0.25, 0.3) is 0 Å². The van der Waals surface area contributed by atoms with E-state index in [1.807, 2.05) is 0 Å². The molecule has 0 saturated heterocycles. The van der Waals surface area contributed by atoms with Crippen LogP contribution in [0.4, 0.5) is 0 Å². The van der Waals surface area contributed by atoms with Gasteiger partial charge in [-0.15, -0.1) is 0 Å². The highest BCUT2D eigenvalue weighted by atomic mass is 32.1. The lowest BCUT2D eigenvalue weighted by Crippen LogP contribution is -2.31. The number of thiol groups is 1. The average molecular weight is 250 g/mol. The summed E-state index contributed by atoms with van der Waals surface area (Å²) < 4.78 is 11.5. The molecule has 0 aromatic heterocycles. The molecule has 0 aliphatic heterocycles. The molecule has 92 valence electrons. The first-order chi connectivity index (χ1) is 6.95. The molecule has 0 bridgehead atoms. The molecule has 0 heterocycles. The predicted octanol–water partition coefficient (Wildman–Crippen LogP) is 2.27. The molecule has 1 unspecified atom stereocenters. The van der Waals surface area contributed by atoms with E-state index in [1.54, 1.807) is 0 Å². The van der Waals surface area contributed by atoms with Crippen LogP contribution in [-0.4, -0.2) is 33.4 Å². The molecule has 0 spiro atoms.